The molecule has 0 aromatic heterocycles. The number of urea groups is 1. The van der Waals surface area contributed by atoms with Gasteiger partial charge in [-0.2, -0.15) is 0 Å². The van der Waals surface area contributed by atoms with Gasteiger partial charge in [-0.1, -0.05) is 25.1 Å². The molecule has 0 unspecified atom stereocenters. The predicted molar refractivity (Wildman–Crippen MR) is 102 cm³/mol. The maximum Gasteiger partial charge on any atom is 0.335 e. The molecule has 1 atom stereocenters. The van der Waals surface area contributed by atoms with E-state index < -0.39 is 23.7 Å². The molecule has 6 nitrogen and oxygen atoms in total. The lowest BCUT2D eigenvalue weighted by Crippen LogP contribution is -2.54. The van der Waals surface area contributed by atoms with Gasteiger partial charge in [0.2, 0.25) is 0 Å². The fourth-order valence-electron chi connectivity index (χ4n) is 2.64. The highest BCUT2D eigenvalue weighted by molar-refractivity contribution is 6.39. The van der Waals surface area contributed by atoms with E-state index in [2.05, 4.69) is 5.32 Å². The van der Waals surface area contributed by atoms with Crippen LogP contribution in [0.15, 0.2) is 54.1 Å². The van der Waals surface area contributed by atoms with E-state index >= 15 is 0 Å². The topological polar surface area (TPSA) is 75.7 Å². The van der Waals surface area contributed by atoms with Gasteiger partial charge < -0.3 is 4.74 Å². The lowest BCUT2D eigenvalue weighted by Gasteiger charge is -2.26. The minimum atomic E-state index is -0.886. The highest BCUT2D eigenvalue weighted by atomic mass is 19.1. The van der Waals surface area contributed by atoms with Gasteiger partial charge in [0.05, 0.1) is 11.8 Å². The van der Waals surface area contributed by atoms with Gasteiger partial charge >= 0.3 is 6.03 Å². The highest BCUT2D eigenvalue weighted by Gasteiger charge is 2.37. The highest BCUT2D eigenvalue weighted by Crippen LogP contribution is 2.26. The Morgan fingerprint density at radius 1 is 1.11 bits per heavy atom. The first kappa shape index (κ1) is 19.3. The van der Waals surface area contributed by atoms with Crippen LogP contribution in [0.25, 0.3) is 6.08 Å². The average Bonchev–Trinajstić information content (AvgIpc) is 2.67. The molecule has 1 aliphatic rings. The predicted octanol–water partition coefficient (Wildman–Crippen LogP) is 3.67. The van der Waals surface area contributed by atoms with Crippen molar-refractivity contribution < 1.29 is 23.5 Å². The van der Waals surface area contributed by atoms with Gasteiger partial charge in [0.15, 0.2) is 0 Å². The number of carbonyl (C=O) groups excluding carboxylic acids is 3. The summed E-state index contributed by atoms with van der Waals surface area (Å²) in [7, 11) is 0. The Morgan fingerprint density at radius 2 is 1.79 bits per heavy atom. The van der Waals surface area contributed by atoms with Gasteiger partial charge in [-0.05, 0) is 49.8 Å². The number of ether oxygens (including phenoxy) is 1. The molecule has 0 radical (unpaired) electrons. The van der Waals surface area contributed by atoms with Crippen LogP contribution in [0.5, 0.6) is 5.75 Å². The van der Waals surface area contributed by atoms with E-state index in [9.17, 15) is 18.8 Å². The summed E-state index contributed by atoms with van der Waals surface area (Å²) in [6, 6.07) is 11.0. The van der Waals surface area contributed by atoms with Crippen molar-refractivity contribution in [3.05, 3.63) is 65.5 Å². The number of imide groups is 2. The first-order chi connectivity index (χ1) is 13.4. The molecular formula is C21H19FN2O4. The second-order valence-electron chi connectivity index (χ2n) is 6.31. The molecule has 144 valence electrons. The van der Waals surface area contributed by atoms with E-state index in [0.717, 1.165) is 23.5 Å². The van der Waals surface area contributed by atoms with Crippen molar-refractivity contribution in [3.63, 3.8) is 0 Å². The number of nitrogens with zero attached hydrogens (tertiary/aromatic N) is 1. The van der Waals surface area contributed by atoms with E-state index in [0.29, 0.717) is 11.3 Å². The van der Waals surface area contributed by atoms with Crippen LogP contribution in [-0.4, -0.2) is 23.9 Å². The molecule has 0 bridgehead atoms. The third kappa shape index (κ3) is 3.93. The molecule has 3 rings (SSSR count). The number of para-hydroxylation sites is 1. The minimum Gasteiger partial charge on any atom is -0.490 e. The summed E-state index contributed by atoms with van der Waals surface area (Å²) in [6.45, 7) is 3.90. The third-order valence-corrected chi connectivity index (χ3v) is 4.31. The fourth-order valence-corrected chi connectivity index (χ4v) is 2.64. The summed E-state index contributed by atoms with van der Waals surface area (Å²) in [4.78, 5) is 38.1. The molecule has 1 heterocycles. The molecule has 2 aromatic rings. The number of carbonyl (C=O) groups is 3. The number of anilines is 1. The molecule has 0 spiro atoms. The number of rotatable bonds is 5. The van der Waals surface area contributed by atoms with Gasteiger partial charge in [-0.25, -0.2) is 14.1 Å². The number of benzene rings is 2. The second kappa shape index (κ2) is 8.04. The molecule has 0 saturated carbocycles. The number of halogens is 1. The Morgan fingerprint density at radius 3 is 2.46 bits per heavy atom. The van der Waals surface area contributed by atoms with E-state index in [-0.39, 0.29) is 17.4 Å². The van der Waals surface area contributed by atoms with Crippen molar-refractivity contribution >= 4 is 29.6 Å². The average molecular weight is 382 g/mol. The standard InChI is InChI=1S/C21H19FN2O4/c1-3-13(2)28-18-7-5-4-6-14(18)12-17-19(25)23-21(27)24(20(17)26)16-10-8-15(22)9-11-16/h4-13H,3H2,1-2H3,(H,23,25,27)/b17-12+/t13-/m0/s1. The lowest BCUT2D eigenvalue weighted by molar-refractivity contribution is -0.122. The molecule has 1 saturated heterocycles. The normalized spacial score (nSPS) is 16.9. The maximum absolute atomic E-state index is 13.2. The number of amides is 4. The van der Waals surface area contributed by atoms with Crippen LogP contribution in [0.1, 0.15) is 25.8 Å². The van der Waals surface area contributed by atoms with Crippen LogP contribution in [-0.2, 0) is 9.59 Å². The van der Waals surface area contributed by atoms with Crippen LogP contribution in [0, 0.1) is 5.82 Å². The van der Waals surface area contributed by atoms with Gasteiger partial charge in [0.25, 0.3) is 11.8 Å². The number of barbiturate groups is 1. The zero-order valence-corrected chi connectivity index (χ0v) is 15.4. The van der Waals surface area contributed by atoms with E-state index in [1.54, 1.807) is 24.3 Å². The Labute approximate surface area is 161 Å². The van der Waals surface area contributed by atoms with Crippen LogP contribution >= 0.6 is 0 Å². The molecule has 1 aliphatic heterocycles. The summed E-state index contributed by atoms with van der Waals surface area (Å²) in [6.07, 6.45) is 2.13. The van der Waals surface area contributed by atoms with Crippen molar-refractivity contribution in [1.82, 2.24) is 5.32 Å². The molecule has 28 heavy (non-hydrogen) atoms. The zero-order valence-electron chi connectivity index (χ0n) is 15.4. The quantitative estimate of drug-likeness (QED) is 0.632. The Kier molecular flexibility index (Phi) is 5.54. The molecule has 1 N–H and O–H groups in total. The van der Waals surface area contributed by atoms with Crippen LogP contribution < -0.4 is 15.0 Å². The number of nitrogens with one attached hydrogen (secondary N) is 1. The van der Waals surface area contributed by atoms with Crippen LogP contribution in [0.3, 0.4) is 0 Å². The first-order valence-corrected chi connectivity index (χ1v) is 8.83. The van der Waals surface area contributed by atoms with Crippen molar-refractivity contribution in [2.24, 2.45) is 0 Å². The maximum atomic E-state index is 13.2. The Bertz CT molecular complexity index is 953. The van der Waals surface area contributed by atoms with Crippen LogP contribution in [0.4, 0.5) is 14.9 Å². The molecule has 1 fully saturated rings. The Balaban J connectivity index is 1.99. The van der Waals surface area contributed by atoms with Gasteiger partial charge in [0, 0.05) is 5.56 Å². The first-order valence-electron chi connectivity index (χ1n) is 8.83. The molecule has 2 aromatic carbocycles. The Hall–Kier alpha value is -3.48. The fraction of sp³-hybridized carbons (Fsp3) is 0.190. The van der Waals surface area contributed by atoms with Gasteiger partial charge in [0.1, 0.15) is 17.1 Å². The number of hydrogen-bond donors (Lipinski definition) is 1. The summed E-state index contributed by atoms with van der Waals surface area (Å²) in [5.41, 5.74) is 0.477. The van der Waals surface area contributed by atoms with E-state index in [4.69, 9.17) is 4.74 Å². The summed E-state index contributed by atoms with van der Waals surface area (Å²) in [5, 5.41) is 2.14. The van der Waals surface area contributed by atoms with Crippen LogP contribution in [0.2, 0.25) is 0 Å². The van der Waals surface area contributed by atoms with Gasteiger partial charge in [-0.15, -0.1) is 0 Å². The molecular weight excluding hydrogens is 363 g/mol. The third-order valence-electron chi connectivity index (χ3n) is 4.31. The van der Waals surface area contributed by atoms with Crippen molar-refractivity contribution in [2.45, 2.75) is 26.4 Å². The molecule has 7 heteroatoms. The van der Waals surface area contributed by atoms with Crippen molar-refractivity contribution in [3.8, 4) is 5.75 Å². The molecule has 4 amide bonds. The van der Waals surface area contributed by atoms with Gasteiger partial charge in [-0.3, -0.25) is 14.9 Å². The second-order valence-corrected chi connectivity index (χ2v) is 6.31. The summed E-state index contributed by atoms with van der Waals surface area (Å²) >= 11 is 0. The largest absolute Gasteiger partial charge is 0.490 e. The van der Waals surface area contributed by atoms with Crippen molar-refractivity contribution in [2.75, 3.05) is 4.90 Å². The van der Waals surface area contributed by atoms with E-state index in [1.807, 2.05) is 13.8 Å². The number of hydrogen-bond acceptors (Lipinski definition) is 4. The SMILES string of the molecule is CC[C@H](C)Oc1ccccc1/C=C1\C(=O)NC(=O)N(c2ccc(F)cc2)C1=O. The summed E-state index contributed by atoms with van der Waals surface area (Å²) < 4.78 is 19.0. The summed E-state index contributed by atoms with van der Waals surface area (Å²) in [5.74, 6) is -1.57. The minimum absolute atomic E-state index is 0.0484. The zero-order chi connectivity index (χ0) is 20.3. The molecule has 0 aliphatic carbocycles. The lowest BCUT2D eigenvalue weighted by atomic mass is 10.1. The monoisotopic (exact) mass is 382 g/mol. The smallest absolute Gasteiger partial charge is 0.335 e. The van der Waals surface area contributed by atoms with E-state index in [1.165, 1.54) is 18.2 Å². The van der Waals surface area contributed by atoms with Crippen molar-refractivity contribution in [1.29, 1.82) is 0 Å².